The highest BCUT2D eigenvalue weighted by atomic mass is 16.6. The Balaban J connectivity index is 1.37. The van der Waals surface area contributed by atoms with Crippen LogP contribution in [0.5, 0.6) is 0 Å². The number of hydrazone groups is 1. The maximum Gasteiger partial charge on any atom is 0.269 e. The van der Waals surface area contributed by atoms with Crippen molar-refractivity contribution in [3.8, 4) is 5.69 Å². The molecule has 5 rings (SSSR count). The number of nitrogens with one attached hydrogen (secondary N) is 2. The topological polar surface area (TPSA) is 127 Å². The van der Waals surface area contributed by atoms with Crippen molar-refractivity contribution in [3.63, 3.8) is 0 Å². The van der Waals surface area contributed by atoms with Crippen LogP contribution >= 0.6 is 0 Å². The molecule has 0 unspecified atom stereocenters. The van der Waals surface area contributed by atoms with Gasteiger partial charge >= 0.3 is 0 Å². The Kier molecular flexibility index (Phi) is 4.14. The monoisotopic (exact) mass is 398 g/mol. The zero-order chi connectivity index (χ0) is 20.5. The molecule has 0 fully saturated rings. The van der Waals surface area contributed by atoms with Crippen molar-refractivity contribution in [1.29, 1.82) is 0 Å². The highest BCUT2D eigenvalue weighted by Crippen LogP contribution is 2.22. The van der Waals surface area contributed by atoms with E-state index in [1.165, 1.54) is 12.1 Å². The molecular formula is C20H14N8O2. The van der Waals surface area contributed by atoms with Gasteiger partial charge in [0.25, 0.3) is 11.6 Å². The third kappa shape index (κ3) is 3.11. The van der Waals surface area contributed by atoms with Crippen LogP contribution in [0.4, 0.5) is 11.6 Å². The van der Waals surface area contributed by atoms with Crippen molar-refractivity contribution in [2.75, 3.05) is 5.43 Å². The number of H-pyrrole nitrogens is 1. The fourth-order valence-corrected chi connectivity index (χ4v) is 3.19. The molecule has 2 aromatic carbocycles. The largest absolute Gasteiger partial charge is 0.338 e. The lowest BCUT2D eigenvalue weighted by atomic mass is 10.2. The number of nitro benzene ring substituents is 1. The Bertz CT molecular complexity index is 1400. The Morgan fingerprint density at radius 3 is 2.73 bits per heavy atom. The van der Waals surface area contributed by atoms with Crippen molar-refractivity contribution in [3.05, 3.63) is 82.7 Å². The molecule has 0 amide bonds. The fraction of sp³-hybridized carbons (Fsp3) is 0. The number of benzene rings is 2. The van der Waals surface area contributed by atoms with Crippen LogP contribution in [0.3, 0.4) is 0 Å². The molecule has 5 aromatic rings. The lowest BCUT2D eigenvalue weighted by molar-refractivity contribution is -0.384. The van der Waals surface area contributed by atoms with Gasteiger partial charge in [-0.1, -0.05) is 18.2 Å². The minimum absolute atomic E-state index is 0.0415. The van der Waals surface area contributed by atoms with Gasteiger partial charge in [-0.2, -0.15) is 10.1 Å². The summed E-state index contributed by atoms with van der Waals surface area (Å²) in [5.74, 6) is 0.263. The van der Waals surface area contributed by atoms with Crippen molar-refractivity contribution in [2.24, 2.45) is 5.10 Å². The molecule has 0 atom stereocenters. The highest BCUT2D eigenvalue weighted by Gasteiger charge is 2.09. The number of nitro groups is 1. The van der Waals surface area contributed by atoms with E-state index in [1.54, 1.807) is 18.3 Å². The summed E-state index contributed by atoms with van der Waals surface area (Å²) in [6.07, 6.45) is 3.46. The predicted molar refractivity (Wildman–Crippen MR) is 113 cm³/mol. The average Bonchev–Trinajstić information content (AvgIpc) is 3.38. The van der Waals surface area contributed by atoms with Crippen LogP contribution in [-0.2, 0) is 0 Å². The summed E-state index contributed by atoms with van der Waals surface area (Å²) in [5, 5.41) is 24.3. The van der Waals surface area contributed by atoms with Crippen LogP contribution < -0.4 is 5.43 Å². The number of non-ortho nitro benzene ring substituents is 1. The Hall–Kier alpha value is -4.60. The summed E-state index contributed by atoms with van der Waals surface area (Å²) in [6, 6.07) is 17.8. The SMILES string of the molecule is O=[N+]([O-])c1ccc(-n2cccc2/C=N\Nc2nnc3c(n2)[nH]c2ccccc23)cc1. The zero-order valence-electron chi connectivity index (χ0n) is 15.4. The van der Waals surface area contributed by atoms with Crippen LogP contribution in [0.1, 0.15) is 5.69 Å². The van der Waals surface area contributed by atoms with Gasteiger partial charge in [-0.15, -0.1) is 10.2 Å². The van der Waals surface area contributed by atoms with Gasteiger partial charge in [0.2, 0.25) is 0 Å². The highest BCUT2D eigenvalue weighted by molar-refractivity contribution is 6.03. The van der Waals surface area contributed by atoms with E-state index in [9.17, 15) is 10.1 Å². The molecule has 0 saturated heterocycles. The van der Waals surface area contributed by atoms with E-state index in [0.717, 1.165) is 22.3 Å². The lowest BCUT2D eigenvalue weighted by Crippen LogP contribution is -2.02. The maximum atomic E-state index is 10.8. The summed E-state index contributed by atoms with van der Waals surface area (Å²) in [7, 11) is 0. The smallest absolute Gasteiger partial charge is 0.269 e. The van der Waals surface area contributed by atoms with Gasteiger partial charge in [0, 0.05) is 34.9 Å². The number of hydrogen-bond acceptors (Lipinski definition) is 7. The molecule has 3 heterocycles. The van der Waals surface area contributed by atoms with E-state index >= 15 is 0 Å². The minimum atomic E-state index is -0.427. The first-order valence-corrected chi connectivity index (χ1v) is 9.01. The van der Waals surface area contributed by atoms with Gasteiger partial charge < -0.3 is 9.55 Å². The van der Waals surface area contributed by atoms with E-state index in [0.29, 0.717) is 11.2 Å². The molecule has 0 aliphatic rings. The van der Waals surface area contributed by atoms with Gasteiger partial charge in [0.05, 0.1) is 16.8 Å². The molecule has 2 N–H and O–H groups in total. The van der Waals surface area contributed by atoms with Crippen LogP contribution in [-0.4, -0.2) is 35.9 Å². The van der Waals surface area contributed by atoms with Gasteiger partial charge in [-0.05, 0) is 30.3 Å². The number of aromatic amines is 1. The first kappa shape index (κ1) is 17.5. The number of anilines is 1. The van der Waals surface area contributed by atoms with Gasteiger partial charge in [0.15, 0.2) is 5.65 Å². The van der Waals surface area contributed by atoms with Crippen molar-refractivity contribution < 1.29 is 4.92 Å². The fourth-order valence-electron chi connectivity index (χ4n) is 3.19. The summed E-state index contributed by atoms with van der Waals surface area (Å²) in [4.78, 5) is 18.0. The number of aromatic nitrogens is 5. The molecule has 10 nitrogen and oxygen atoms in total. The molecule has 0 aliphatic heterocycles. The molecule has 3 aromatic heterocycles. The first-order chi connectivity index (χ1) is 14.7. The van der Waals surface area contributed by atoms with Crippen molar-refractivity contribution in [1.82, 2.24) is 24.7 Å². The van der Waals surface area contributed by atoms with Gasteiger partial charge in [-0.25, -0.2) is 5.43 Å². The van der Waals surface area contributed by atoms with E-state index in [4.69, 9.17) is 0 Å². The van der Waals surface area contributed by atoms with E-state index in [2.05, 4.69) is 30.7 Å². The summed E-state index contributed by atoms with van der Waals surface area (Å²) < 4.78 is 1.86. The molecule has 0 bridgehead atoms. The predicted octanol–water partition coefficient (Wildman–Crippen LogP) is 3.65. The molecule has 0 radical (unpaired) electrons. The first-order valence-electron chi connectivity index (χ1n) is 9.01. The van der Waals surface area contributed by atoms with Gasteiger partial charge in [-0.3, -0.25) is 10.1 Å². The summed E-state index contributed by atoms with van der Waals surface area (Å²) in [5.41, 5.74) is 6.65. The molecular weight excluding hydrogens is 384 g/mol. The van der Waals surface area contributed by atoms with Crippen LogP contribution in [0, 0.1) is 10.1 Å². The van der Waals surface area contributed by atoms with Crippen LogP contribution in [0.15, 0.2) is 72.0 Å². The Morgan fingerprint density at radius 2 is 1.90 bits per heavy atom. The lowest BCUT2D eigenvalue weighted by Gasteiger charge is -2.05. The van der Waals surface area contributed by atoms with E-state index in [1.807, 2.05) is 47.2 Å². The number of hydrogen-bond donors (Lipinski definition) is 2. The molecule has 0 saturated carbocycles. The quantitative estimate of drug-likeness (QED) is 0.264. The number of nitrogens with zero attached hydrogens (tertiary/aromatic N) is 6. The van der Waals surface area contributed by atoms with E-state index < -0.39 is 4.92 Å². The Labute approximate surface area is 169 Å². The maximum absolute atomic E-state index is 10.8. The third-order valence-electron chi connectivity index (χ3n) is 4.60. The number of rotatable bonds is 5. The van der Waals surface area contributed by atoms with E-state index in [-0.39, 0.29) is 11.6 Å². The number of fused-ring (bicyclic) bond motifs is 3. The average molecular weight is 398 g/mol. The standard InChI is InChI=1S/C20H14N8O2/c29-28(30)14-9-7-13(8-10-14)27-11-3-4-15(27)12-21-25-20-23-19-18(24-26-20)16-5-1-2-6-17(16)22-19/h1-12H,(H2,22,23,25,26)/b21-12-. The third-order valence-corrected chi connectivity index (χ3v) is 4.60. The van der Waals surface area contributed by atoms with Crippen molar-refractivity contribution in [2.45, 2.75) is 0 Å². The molecule has 10 heteroatoms. The second-order valence-electron chi connectivity index (χ2n) is 6.45. The summed E-state index contributed by atoms with van der Waals surface area (Å²) >= 11 is 0. The minimum Gasteiger partial charge on any atom is -0.338 e. The summed E-state index contributed by atoms with van der Waals surface area (Å²) in [6.45, 7) is 0. The van der Waals surface area contributed by atoms with Crippen LogP contribution in [0.2, 0.25) is 0 Å². The van der Waals surface area contributed by atoms with Gasteiger partial charge in [0.1, 0.15) is 5.52 Å². The molecule has 30 heavy (non-hydrogen) atoms. The molecule has 0 spiro atoms. The molecule has 146 valence electrons. The second kappa shape index (κ2) is 7.09. The normalized spacial score (nSPS) is 11.5. The Morgan fingerprint density at radius 1 is 1.07 bits per heavy atom. The second-order valence-corrected chi connectivity index (χ2v) is 6.45. The van der Waals surface area contributed by atoms with Crippen LogP contribution in [0.25, 0.3) is 27.8 Å². The zero-order valence-corrected chi connectivity index (χ0v) is 15.4. The molecule has 0 aliphatic carbocycles. The van der Waals surface area contributed by atoms with Crippen molar-refractivity contribution >= 4 is 39.9 Å². The number of para-hydroxylation sites is 1.